The lowest BCUT2D eigenvalue weighted by Gasteiger charge is -2.26. The Kier molecular flexibility index (Phi) is 6.86. The maximum Gasteiger partial charge on any atom is 0.356 e. The molecule has 1 aliphatic rings. The molecule has 1 N–H and O–H groups in total. The molecule has 0 radical (unpaired) electrons. The quantitative estimate of drug-likeness (QED) is 0.720. The van der Waals surface area contributed by atoms with Crippen LogP contribution in [0.2, 0.25) is 0 Å². The van der Waals surface area contributed by atoms with Crippen molar-refractivity contribution in [1.29, 1.82) is 0 Å². The van der Waals surface area contributed by atoms with Gasteiger partial charge in [0, 0.05) is 12.7 Å². The van der Waals surface area contributed by atoms with Gasteiger partial charge in [-0.05, 0) is 38.8 Å². The van der Waals surface area contributed by atoms with Crippen LogP contribution in [0.4, 0.5) is 0 Å². The van der Waals surface area contributed by atoms with Gasteiger partial charge in [-0.15, -0.1) is 0 Å². The Labute approximate surface area is 157 Å². The minimum atomic E-state index is -0.826. The van der Waals surface area contributed by atoms with Crippen LogP contribution in [0.3, 0.4) is 0 Å². The number of ether oxygens (including phenoxy) is 2. The van der Waals surface area contributed by atoms with Crippen LogP contribution < -0.4 is 5.32 Å². The minimum absolute atomic E-state index is 0.0764. The molecule has 9 nitrogen and oxygen atoms in total. The van der Waals surface area contributed by atoms with E-state index in [1.807, 2.05) is 0 Å². The molecule has 1 fully saturated rings. The van der Waals surface area contributed by atoms with Gasteiger partial charge in [0.25, 0.3) is 5.91 Å². The van der Waals surface area contributed by atoms with Crippen molar-refractivity contribution in [2.24, 2.45) is 0 Å². The lowest BCUT2D eigenvalue weighted by Crippen LogP contribution is -2.50. The Balaban J connectivity index is 2.00. The summed E-state index contributed by atoms with van der Waals surface area (Å²) in [6.45, 7) is 3.95. The number of methoxy groups -OCH3 is 1. The van der Waals surface area contributed by atoms with E-state index in [1.54, 1.807) is 13.8 Å². The third-order valence-electron chi connectivity index (χ3n) is 4.23. The number of amides is 2. The molecule has 0 bridgehead atoms. The summed E-state index contributed by atoms with van der Waals surface area (Å²) in [6.07, 6.45) is 2.48. The monoisotopic (exact) mass is 377 g/mol. The molecule has 2 rings (SSSR count). The van der Waals surface area contributed by atoms with E-state index >= 15 is 0 Å². The summed E-state index contributed by atoms with van der Waals surface area (Å²) in [5.41, 5.74) is 0.276. The molecule has 1 aromatic rings. The van der Waals surface area contributed by atoms with Crippen molar-refractivity contribution in [1.82, 2.24) is 15.2 Å². The van der Waals surface area contributed by atoms with Crippen molar-refractivity contribution in [2.45, 2.75) is 38.8 Å². The Hall–Kier alpha value is -2.97. The number of nitrogens with zero attached hydrogens (tertiary/aromatic N) is 2. The highest BCUT2D eigenvalue weighted by Gasteiger charge is 2.37. The van der Waals surface area contributed by atoms with Crippen LogP contribution in [-0.2, 0) is 19.1 Å². The molecule has 9 heteroatoms. The van der Waals surface area contributed by atoms with Crippen molar-refractivity contribution in [2.75, 3.05) is 20.3 Å². The van der Waals surface area contributed by atoms with E-state index in [0.717, 1.165) is 0 Å². The molecule has 1 aromatic heterocycles. The third kappa shape index (κ3) is 4.81. The first-order valence-corrected chi connectivity index (χ1v) is 8.71. The molecule has 146 valence electrons. The van der Waals surface area contributed by atoms with Crippen LogP contribution in [0.25, 0.3) is 0 Å². The largest absolute Gasteiger partial charge is 0.464 e. The number of carbonyl (C=O) groups excluding carboxylic acids is 4. The molecule has 2 atom stereocenters. The summed E-state index contributed by atoms with van der Waals surface area (Å²) in [5.74, 6) is -1.89. The summed E-state index contributed by atoms with van der Waals surface area (Å²) in [7, 11) is 1.24. The number of aromatic nitrogens is 1. The SMILES string of the molecule is CCOC(=O)[C@@H]1CCCN1C(=O)[C@H](C)NC(=O)c1ccc(C(=O)OC)nc1. The van der Waals surface area contributed by atoms with Gasteiger partial charge in [-0.1, -0.05) is 0 Å². The Morgan fingerprint density at radius 2 is 2.07 bits per heavy atom. The lowest BCUT2D eigenvalue weighted by atomic mass is 10.2. The van der Waals surface area contributed by atoms with Gasteiger partial charge in [0.2, 0.25) is 5.91 Å². The first-order valence-electron chi connectivity index (χ1n) is 8.71. The standard InChI is InChI=1S/C18H23N3O6/c1-4-27-18(25)14-6-5-9-21(14)16(23)11(2)20-15(22)12-7-8-13(19-10-12)17(24)26-3/h7-8,10-11,14H,4-6,9H2,1-3H3,(H,20,22)/t11-,14-/m0/s1. The van der Waals surface area contributed by atoms with Gasteiger partial charge in [0.1, 0.15) is 17.8 Å². The second-order valence-electron chi connectivity index (χ2n) is 6.06. The summed E-state index contributed by atoms with van der Waals surface area (Å²) >= 11 is 0. The number of nitrogens with one attached hydrogen (secondary N) is 1. The number of hydrogen-bond acceptors (Lipinski definition) is 7. The molecule has 2 amide bonds. The average Bonchev–Trinajstić information content (AvgIpc) is 3.16. The number of esters is 2. The zero-order valence-electron chi connectivity index (χ0n) is 15.6. The fourth-order valence-electron chi connectivity index (χ4n) is 2.86. The van der Waals surface area contributed by atoms with Crippen molar-refractivity contribution >= 4 is 23.8 Å². The zero-order valence-corrected chi connectivity index (χ0v) is 15.6. The van der Waals surface area contributed by atoms with Crippen molar-refractivity contribution in [3.8, 4) is 0 Å². The van der Waals surface area contributed by atoms with Crippen LogP contribution in [-0.4, -0.2) is 66.0 Å². The molecule has 1 aliphatic heterocycles. The topological polar surface area (TPSA) is 115 Å². The maximum absolute atomic E-state index is 12.6. The predicted molar refractivity (Wildman–Crippen MR) is 93.9 cm³/mol. The van der Waals surface area contributed by atoms with Crippen LogP contribution in [0.5, 0.6) is 0 Å². The van der Waals surface area contributed by atoms with Crippen molar-refractivity contribution < 1.29 is 28.7 Å². The van der Waals surface area contributed by atoms with E-state index in [0.29, 0.717) is 19.4 Å². The molecule has 0 unspecified atom stereocenters. The fourth-order valence-corrected chi connectivity index (χ4v) is 2.86. The molecular formula is C18H23N3O6. The molecule has 0 spiro atoms. The van der Waals surface area contributed by atoms with Gasteiger partial charge in [-0.2, -0.15) is 0 Å². The fraction of sp³-hybridized carbons (Fsp3) is 0.500. The highest BCUT2D eigenvalue weighted by atomic mass is 16.5. The van der Waals surface area contributed by atoms with E-state index in [1.165, 1.54) is 30.3 Å². The normalized spacial score (nSPS) is 17.1. The number of pyridine rings is 1. The van der Waals surface area contributed by atoms with E-state index in [-0.39, 0.29) is 23.8 Å². The van der Waals surface area contributed by atoms with Crippen molar-refractivity contribution in [3.63, 3.8) is 0 Å². The number of rotatable bonds is 6. The predicted octanol–water partition coefficient (Wildman–Crippen LogP) is 0.541. The van der Waals surface area contributed by atoms with E-state index in [4.69, 9.17) is 4.74 Å². The summed E-state index contributed by atoms with van der Waals surface area (Å²) in [5, 5.41) is 2.59. The summed E-state index contributed by atoms with van der Waals surface area (Å²) in [6, 6.07) is 1.35. The molecule has 1 saturated heterocycles. The molecular weight excluding hydrogens is 354 g/mol. The first kappa shape index (κ1) is 20.3. The Morgan fingerprint density at radius 1 is 1.33 bits per heavy atom. The van der Waals surface area contributed by atoms with E-state index < -0.39 is 29.9 Å². The van der Waals surface area contributed by atoms with Crippen molar-refractivity contribution in [3.05, 3.63) is 29.6 Å². The number of likely N-dealkylation sites (tertiary alicyclic amines) is 1. The minimum Gasteiger partial charge on any atom is -0.464 e. The number of carbonyl (C=O) groups is 4. The van der Waals surface area contributed by atoms with Crippen LogP contribution in [0, 0.1) is 0 Å². The van der Waals surface area contributed by atoms with Gasteiger partial charge in [-0.25, -0.2) is 14.6 Å². The van der Waals surface area contributed by atoms with E-state index in [2.05, 4.69) is 15.0 Å². The molecule has 27 heavy (non-hydrogen) atoms. The number of hydrogen-bond donors (Lipinski definition) is 1. The average molecular weight is 377 g/mol. The van der Waals surface area contributed by atoms with Crippen LogP contribution >= 0.6 is 0 Å². The molecule has 0 saturated carbocycles. The third-order valence-corrected chi connectivity index (χ3v) is 4.23. The Morgan fingerprint density at radius 3 is 2.67 bits per heavy atom. The summed E-state index contributed by atoms with van der Waals surface area (Å²) in [4.78, 5) is 53.6. The van der Waals surface area contributed by atoms with Gasteiger partial charge >= 0.3 is 11.9 Å². The molecule has 2 heterocycles. The van der Waals surface area contributed by atoms with Gasteiger partial charge < -0.3 is 19.7 Å². The van der Waals surface area contributed by atoms with Crippen LogP contribution in [0.1, 0.15) is 47.5 Å². The smallest absolute Gasteiger partial charge is 0.356 e. The highest BCUT2D eigenvalue weighted by Crippen LogP contribution is 2.19. The second kappa shape index (κ2) is 9.11. The molecule has 0 aliphatic carbocycles. The van der Waals surface area contributed by atoms with Gasteiger partial charge in [0.05, 0.1) is 19.3 Å². The van der Waals surface area contributed by atoms with E-state index in [9.17, 15) is 19.2 Å². The summed E-state index contributed by atoms with van der Waals surface area (Å²) < 4.78 is 9.56. The van der Waals surface area contributed by atoms with Gasteiger partial charge in [-0.3, -0.25) is 9.59 Å². The maximum atomic E-state index is 12.6. The highest BCUT2D eigenvalue weighted by molar-refractivity contribution is 5.98. The lowest BCUT2D eigenvalue weighted by molar-refractivity contribution is -0.153. The Bertz CT molecular complexity index is 718. The van der Waals surface area contributed by atoms with Crippen LogP contribution in [0.15, 0.2) is 18.3 Å². The first-order chi connectivity index (χ1) is 12.9. The second-order valence-corrected chi connectivity index (χ2v) is 6.06. The van der Waals surface area contributed by atoms with Gasteiger partial charge in [0.15, 0.2) is 0 Å². The zero-order chi connectivity index (χ0) is 20.0. The molecule has 0 aromatic carbocycles.